The molecule has 3 atom stereocenters. The Morgan fingerprint density at radius 1 is 1.04 bits per heavy atom. The van der Waals surface area contributed by atoms with Crippen LogP contribution in [0.2, 0.25) is 0 Å². The Kier molecular flexibility index (Phi) is 4.99. The maximum Gasteiger partial charge on any atom is 0.261 e. The van der Waals surface area contributed by atoms with Gasteiger partial charge in [0.25, 0.3) is 10.0 Å². The molecule has 3 unspecified atom stereocenters. The van der Waals surface area contributed by atoms with E-state index in [0.29, 0.717) is 16.5 Å². The number of likely N-dealkylation sites (tertiary alicyclic amines) is 1. The van der Waals surface area contributed by atoms with Crippen LogP contribution in [0.4, 0.5) is 5.69 Å². The summed E-state index contributed by atoms with van der Waals surface area (Å²) in [5, 5.41) is 0. The predicted octanol–water partition coefficient (Wildman–Crippen LogP) is 4.24. The van der Waals surface area contributed by atoms with Crippen LogP contribution in [0.5, 0.6) is 0 Å². The second-order valence-corrected chi connectivity index (χ2v) is 9.75. The fourth-order valence-corrected chi connectivity index (χ4v) is 5.67. The van der Waals surface area contributed by atoms with Gasteiger partial charge in [0, 0.05) is 18.8 Å². The zero-order valence-corrected chi connectivity index (χ0v) is 16.9. The molecule has 1 saturated carbocycles. The third-order valence-electron chi connectivity index (χ3n) is 6.10. The smallest absolute Gasteiger partial charge is 0.261 e. The minimum atomic E-state index is -3.54. The van der Waals surface area contributed by atoms with Crippen molar-refractivity contribution in [1.82, 2.24) is 4.90 Å². The lowest BCUT2D eigenvalue weighted by Gasteiger charge is -2.40. The van der Waals surface area contributed by atoms with E-state index in [1.54, 1.807) is 12.1 Å². The number of nitrogens with one attached hydrogen (secondary N) is 1. The van der Waals surface area contributed by atoms with Crippen LogP contribution in [0.15, 0.2) is 53.4 Å². The third-order valence-corrected chi connectivity index (χ3v) is 7.50. The normalized spacial score (nSPS) is 25.0. The summed E-state index contributed by atoms with van der Waals surface area (Å²) in [5.74, 6) is 2.24. The number of aryl methyl sites for hydroxylation is 1. The van der Waals surface area contributed by atoms with Crippen molar-refractivity contribution in [2.45, 2.75) is 37.5 Å². The number of anilines is 1. The van der Waals surface area contributed by atoms with Crippen LogP contribution >= 0.6 is 0 Å². The molecule has 2 aromatic rings. The highest BCUT2D eigenvalue weighted by molar-refractivity contribution is 7.92. The van der Waals surface area contributed by atoms with E-state index in [4.69, 9.17) is 0 Å². The molecular weight excluding hydrogens is 356 g/mol. The quantitative estimate of drug-likeness (QED) is 0.810. The highest BCUT2D eigenvalue weighted by Gasteiger charge is 2.46. The largest absolute Gasteiger partial charge is 0.303 e. The van der Waals surface area contributed by atoms with Crippen molar-refractivity contribution in [3.63, 3.8) is 0 Å². The van der Waals surface area contributed by atoms with Gasteiger partial charge in [-0.25, -0.2) is 8.42 Å². The van der Waals surface area contributed by atoms with E-state index in [0.717, 1.165) is 17.4 Å². The molecule has 2 aliphatic rings. The lowest BCUT2D eigenvalue weighted by Crippen LogP contribution is -2.33. The zero-order chi connectivity index (χ0) is 19.0. The van der Waals surface area contributed by atoms with Crippen molar-refractivity contribution in [2.75, 3.05) is 24.4 Å². The van der Waals surface area contributed by atoms with Gasteiger partial charge in [-0.3, -0.25) is 4.72 Å². The fourth-order valence-electron chi connectivity index (χ4n) is 4.61. The van der Waals surface area contributed by atoms with Gasteiger partial charge in [0.1, 0.15) is 0 Å². The van der Waals surface area contributed by atoms with Gasteiger partial charge in [-0.05, 0) is 73.9 Å². The van der Waals surface area contributed by atoms with E-state index < -0.39 is 10.0 Å². The number of hydrogen-bond acceptors (Lipinski definition) is 3. The Balaban J connectivity index is 1.42. The van der Waals surface area contributed by atoms with Crippen LogP contribution in [-0.2, 0) is 10.0 Å². The number of sulfonamides is 1. The maximum atomic E-state index is 12.5. The van der Waals surface area contributed by atoms with E-state index >= 15 is 0 Å². The summed E-state index contributed by atoms with van der Waals surface area (Å²) >= 11 is 0. The Morgan fingerprint density at radius 2 is 1.74 bits per heavy atom. The molecule has 4 nitrogen and oxygen atoms in total. The van der Waals surface area contributed by atoms with Gasteiger partial charge in [0.05, 0.1) is 4.90 Å². The molecule has 1 heterocycles. The molecule has 0 amide bonds. The highest BCUT2D eigenvalue weighted by atomic mass is 32.2. The van der Waals surface area contributed by atoms with Crippen molar-refractivity contribution in [3.8, 4) is 0 Å². The SMILES string of the molecule is CCCN1CC2CC(c3ccc(NS(=O)(=O)c4ccc(C)cc4)cc3)C2C1. The molecule has 27 heavy (non-hydrogen) atoms. The molecule has 0 radical (unpaired) electrons. The Labute approximate surface area is 162 Å². The van der Waals surface area contributed by atoms with Crippen molar-refractivity contribution in [3.05, 3.63) is 59.7 Å². The van der Waals surface area contributed by atoms with Gasteiger partial charge in [-0.15, -0.1) is 0 Å². The van der Waals surface area contributed by atoms with Crippen LogP contribution in [0, 0.1) is 18.8 Å². The second-order valence-electron chi connectivity index (χ2n) is 8.07. The first-order valence-electron chi connectivity index (χ1n) is 9.88. The van der Waals surface area contributed by atoms with Crippen LogP contribution in [-0.4, -0.2) is 33.0 Å². The minimum absolute atomic E-state index is 0.293. The van der Waals surface area contributed by atoms with E-state index in [1.165, 1.54) is 38.0 Å². The first-order chi connectivity index (χ1) is 13.0. The lowest BCUT2D eigenvalue weighted by molar-refractivity contribution is 0.191. The standard InChI is InChI=1S/C22H28N2O2S/c1-3-12-24-14-18-13-21(22(18)15-24)17-6-8-19(9-7-17)23-27(25,26)20-10-4-16(2)5-11-20/h4-11,18,21-23H,3,12-15H2,1-2H3. The average Bonchev–Trinajstić information content (AvgIpc) is 2.93. The lowest BCUT2D eigenvalue weighted by atomic mass is 9.64. The monoisotopic (exact) mass is 384 g/mol. The van der Waals surface area contributed by atoms with Crippen LogP contribution < -0.4 is 4.72 Å². The van der Waals surface area contributed by atoms with Crippen molar-refractivity contribution < 1.29 is 8.42 Å². The summed E-state index contributed by atoms with van der Waals surface area (Å²) in [6.45, 7) is 7.86. The molecule has 5 heteroatoms. The number of rotatable bonds is 6. The minimum Gasteiger partial charge on any atom is -0.303 e. The fraction of sp³-hybridized carbons (Fsp3) is 0.455. The molecule has 2 fully saturated rings. The molecule has 1 aliphatic carbocycles. The molecule has 0 spiro atoms. The second kappa shape index (κ2) is 7.28. The molecule has 2 aromatic carbocycles. The molecule has 4 rings (SSSR count). The van der Waals surface area contributed by atoms with E-state index in [1.807, 2.05) is 31.2 Å². The van der Waals surface area contributed by atoms with Crippen LogP contribution in [0.25, 0.3) is 0 Å². The number of nitrogens with zero attached hydrogens (tertiary/aromatic N) is 1. The summed E-state index contributed by atoms with van der Waals surface area (Å²) in [6, 6.07) is 14.9. The van der Waals surface area contributed by atoms with Gasteiger partial charge < -0.3 is 4.90 Å². The van der Waals surface area contributed by atoms with Crippen LogP contribution in [0.3, 0.4) is 0 Å². The summed E-state index contributed by atoms with van der Waals surface area (Å²) in [7, 11) is -3.54. The van der Waals surface area contributed by atoms with Gasteiger partial charge >= 0.3 is 0 Å². The van der Waals surface area contributed by atoms with Gasteiger partial charge in [0.15, 0.2) is 0 Å². The summed E-state index contributed by atoms with van der Waals surface area (Å²) < 4.78 is 27.7. The van der Waals surface area contributed by atoms with Crippen molar-refractivity contribution in [1.29, 1.82) is 0 Å². The molecule has 0 bridgehead atoms. The number of benzene rings is 2. The predicted molar refractivity (Wildman–Crippen MR) is 109 cm³/mol. The van der Waals surface area contributed by atoms with E-state index in [-0.39, 0.29) is 0 Å². The topological polar surface area (TPSA) is 49.4 Å². The van der Waals surface area contributed by atoms with E-state index in [2.05, 4.69) is 28.7 Å². The molecule has 144 valence electrons. The molecular formula is C22H28N2O2S. The number of fused-ring (bicyclic) bond motifs is 1. The Morgan fingerprint density at radius 3 is 2.41 bits per heavy atom. The molecule has 0 aromatic heterocycles. The molecule has 1 N–H and O–H groups in total. The Hall–Kier alpha value is -1.85. The molecule has 1 saturated heterocycles. The summed E-state index contributed by atoms with van der Waals surface area (Å²) in [5.41, 5.74) is 3.00. The van der Waals surface area contributed by atoms with Gasteiger partial charge in [-0.1, -0.05) is 36.8 Å². The summed E-state index contributed by atoms with van der Waals surface area (Å²) in [6.07, 6.45) is 2.49. The highest BCUT2D eigenvalue weighted by Crippen LogP contribution is 2.51. The average molecular weight is 385 g/mol. The van der Waals surface area contributed by atoms with E-state index in [9.17, 15) is 8.42 Å². The first-order valence-corrected chi connectivity index (χ1v) is 11.4. The van der Waals surface area contributed by atoms with Gasteiger partial charge in [0.2, 0.25) is 0 Å². The summed E-state index contributed by atoms with van der Waals surface area (Å²) in [4.78, 5) is 2.89. The first kappa shape index (κ1) is 18.5. The third kappa shape index (κ3) is 3.76. The maximum absolute atomic E-state index is 12.5. The number of hydrogen-bond donors (Lipinski definition) is 1. The molecule has 1 aliphatic heterocycles. The Bertz CT molecular complexity index is 891. The zero-order valence-electron chi connectivity index (χ0n) is 16.1. The van der Waals surface area contributed by atoms with Crippen LogP contribution in [0.1, 0.15) is 36.8 Å². The van der Waals surface area contributed by atoms with Gasteiger partial charge in [-0.2, -0.15) is 0 Å². The van der Waals surface area contributed by atoms with Crippen molar-refractivity contribution in [2.24, 2.45) is 11.8 Å². The van der Waals surface area contributed by atoms with Crippen molar-refractivity contribution >= 4 is 15.7 Å².